The highest BCUT2D eigenvalue weighted by molar-refractivity contribution is 5.30. The van der Waals surface area contributed by atoms with Crippen LogP contribution in [-0.2, 0) is 15.9 Å². The van der Waals surface area contributed by atoms with Gasteiger partial charge in [-0.3, -0.25) is 0 Å². The Kier molecular flexibility index (Phi) is 5.90. The molecule has 0 spiro atoms. The number of aliphatic hydroxyl groups is 1. The Morgan fingerprint density at radius 2 is 1.90 bits per heavy atom. The minimum atomic E-state index is -0.460. The molecule has 1 aromatic carbocycles. The van der Waals surface area contributed by atoms with Gasteiger partial charge < -0.3 is 19.3 Å². The van der Waals surface area contributed by atoms with Crippen LogP contribution in [0.4, 0.5) is 4.39 Å². The molecule has 8 atom stereocenters. The van der Waals surface area contributed by atoms with Gasteiger partial charge in [0.1, 0.15) is 11.6 Å². The molecule has 0 bridgehead atoms. The first kappa shape index (κ1) is 20.7. The zero-order valence-electron chi connectivity index (χ0n) is 17.6. The molecule has 2 aliphatic heterocycles. The number of rotatable bonds is 4. The summed E-state index contributed by atoms with van der Waals surface area (Å²) >= 11 is 0. The molecule has 4 nitrogen and oxygen atoms in total. The summed E-state index contributed by atoms with van der Waals surface area (Å²) in [6, 6.07) is 4.72. The second-order valence-corrected chi connectivity index (χ2v) is 9.33. The van der Waals surface area contributed by atoms with Gasteiger partial charge in [0, 0.05) is 24.3 Å². The van der Waals surface area contributed by atoms with Crippen LogP contribution in [0.3, 0.4) is 0 Å². The lowest BCUT2D eigenvalue weighted by molar-refractivity contribution is -0.315. The van der Waals surface area contributed by atoms with Crippen LogP contribution in [0.2, 0.25) is 0 Å². The summed E-state index contributed by atoms with van der Waals surface area (Å²) in [5, 5.41) is 9.33. The first-order chi connectivity index (χ1) is 13.8. The van der Waals surface area contributed by atoms with Crippen molar-refractivity contribution in [3.05, 3.63) is 41.9 Å². The molecule has 4 rings (SSSR count). The fourth-order valence-corrected chi connectivity index (χ4v) is 5.68. The third-order valence-electron chi connectivity index (χ3n) is 7.31. The largest absolute Gasteiger partial charge is 0.513 e. The van der Waals surface area contributed by atoms with Gasteiger partial charge in [0.15, 0.2) is 6.29 Å². The number of allylic oxidation sites excluding steroid dienone is 1. The van der Waals surface area contributed by atoms with E-state index in [2.05, 4.69) is 27.4 Å². The van der Waals surface area contributed by atoms with Gasteiger partial charge in [0.25, 0.3) is 0 Å². The average molecular weight is 405 g/mol. The summed E-state index contributed by atoms with van der Waals surface area (Å²) < 4.78 is 33.2. The fraction of sp³-hybridized carbons (Fsp3) is 0.667. The number of hydrogen-bond donors (Lipinski definition) is 1. The monoisotopic (exact) mass is 404 g/mol. The lowest BCUT2D eigenvalue weighted by Crippen LogP contribution is -2.54. The van der Waals surface area contributed by atoms with Gasteiger partial charge in [-0.25, -0.2) is 4.39 Å². The highest BCUT2D eigenvalue weighted by atomic mass is 19.1. The number of ether oxygens (including phenoxy) is 3. The zero-order chi connectivity index (χ0) is 20.7. The van der Waals surface area contributed by atoms with Gasteiger partial charge in [-0.2, -0.15) is 0 Å². The van der Waals surface area contributed by atoms with E-state index in [1.54, 1.807) is 12.1 Å². The Labute approximate surface area is 173 Å². The van der Waals surface area contributed by atoms with Crippen LogP contribution in [0.1, 0.15) is 52.0 Å². The van der Waals surface area contributed by atoms with Crippen LogP contribution in [0.15, 0.2) is 30.5 Å². The van der Waals surface area contributed by atoms with Gasteiger partial charge in [-0.05, 0) is 55.6 Å². The molecule has 0 aromatic heterocycles. The second-order valence-electron chi connectivity index (χ2n) is 9.33. The number of hydrogen-bond acceptors (Lipinski definition) is 4. The maximum Gasteiger partial charge on any atom is 0.205 e. The molecule has 2 saturated heterocycles. The van der Waals surface area contributed by atoms with Crippen molar-refractivity contribution >= 4 is 0 Å². The topological polar surface area (TPSA) is 47.9 Å². The Balaban J connectivity index is 1.53. The summed E-state index contributed by atoms with van der Waals surface area (Å²) in [5.74, 6) is 2.41. The molecule has 5 heteroatoms. The van der Waals surface area contributed by atoms with E-state index in [1.807, 2.05) is 0 Å². The minimum absolute atomic E-state index is 0.0615. The SMILES string of the molecule is C=C(O)Cc1ccc(O[C@H]2O[C@@H]3OC(C)CC[C@@H]4C3[C@@H](CC[C@H]4C)[C@H]2C)cc1F. The van der Waals surface area contributed by atoms with Gasteiger partial charge in [-0.1, -0.05) is 32.9 Å². The van der Waals surface area contributed by atoms with Crippen molar-refractivity contribution in [1.29, 1.82) is 0 Å². The maximum absolute atomic E-state index is 14.4. The summed E-state index contributed by atoms with van der Waals surface area (Å²) in [7, 11) is 0. The standard InChI is InChI=1S/C24H33FO4/c1-13-5-9-20-16(4)23(29-24-22(20)19(13)10-6-15(3)27-24)28-18-8-7-17(11-14(2)26)21(25)12-18/h7-8,12-13,15-16,19-20,22-24,26H,2,5-6,9-11H2,1,3-4H3/t13-,15?,16-,19+,20+,22?,23+,24+/m1/s1. The van der Waals surface area contributed by atoms with Crippen LogP contribution < -0.4 is 4.74 Å². The minimum Gasteiger partial charge on any atom is -0.513 e. The van der Waals surface area contributed by atoms with E-state index in [4.69, 9.17) is 14.2 Å². The highest BCUT2D eigenvalue weighted by Crippen LogP contribution is 2.52. The lowest BCUT2D eigenvalue weighted by atomic mass is 9.61. The fourth-order valence-electron chi connectivity index (χ4n) is 5.68. The summed E-state index contributed by atoms with van der Waals surface area (Å²) in [6.07, 6.45) is 4.22. The van der Waals surface area contributed by atoms with Crippen LogP contribution >= 0.6 is 0 Å². The van der Waals surface area contributed by atoms with Crippen LogP contribution in [0, 0.1) is 35.4 Å². The molecule has 2 unspecified atom stereocenters. The van der Waals surface area contributed by atoms with E-state index >= 15 is 0 Å². The first-order valence-electron chi connectivity index (χ1n) is 11.0. The van der Waals surface area contributed by atoms with Crippen molar-refractivity contribution < 1.29 is 23.7 Å². The molecule has 1 saturated carbocycles. The molecule has 2 heterocycles. The lowest BCUT2D eigenvalue weighted by Gasteiger charge is -2.51. The van der Waals surface area contributed by atoms with Gasteiger partial charge in [0.05, 0.1) is 11.9 Å². The van der Waals surface area contributed by atoms with Crippen LogP contribution in [0.25, 0.3) is 0 Å². The molecule has 3 aliphatic rings. The van der Waals surface area contributed by atoms with Crippen molar-refractivity contribution in [1.82, 2.24) is 0 Å². The Morgan fingerprint density at radius 1 is 1.14 bits per heavy atom. The van der Waals surface area contributed by atoms with E-state index in [9.17, 15) is 9.50 Å². The van der Waals surface area contributed by atoms with Crippen LogP contribution in [0.5, 0.6) is 5.75 Å². The average Bonchev–Trinajstić information content (AvgIpc) is 2.82. The quantitative estimate of drug-likeness (QED) is 0.662. The zero-order valence-corrected chi connectivity index (χ0v) is 17.6. The molecule has 160 valence electrons. The van der Waals surface area contributed by atoms with E-state index < -0.39 is 12.1 Å². The molecule has 29 heavy (non-hydrogen) atoms. The van der Waals surface area contributed by atoms with E-state index in [0.717, 1.165) is 12.8 Å². The molecular weight excluding hydrogens is 371 g/mol. The molecule has 1 aliphatic carbocycles. The number of benzene rings is 1. The van der Waals surface area contributed by atoms with Gasteiger partial charge >= 0.3 is 0 Å². The molecule has 0 amide bonds. The van der Waals surface area contributed by atoms with Crippen LogP contribution in [-0.4, -0.2) is 23.8 Å². The number of halogens is 1. The predicted molar refractivity (Wildman–Crippen MR) is 109 cm³/mol. The van der Waals surface area contributed by atoms with Crippen molar-refractivity contribution in [2.24, 2.45) is 29.6 Å². The Morgan fingerprint density at radius 3 is 2.62 bits per heavy atom. The third-order valence-corrected chi connectivity index (χ3v) is 7.31. The predicted octanol–water partition coefficient (Wildman–Crippen LogP) is 5.61. The van der Waals surface area contributed by atoms with Crippen molar-refractivity contribution in [2.75, 3.05) is 0 Å². The van der Waals surface area contributed by atoms with E-state index in [-0.39, 0.29) is 30.5 Å². The first-order valence-corrected chi connectivity index (χ1v) is 11.0. The van der Waals surface area contributed by atoms with Crippen molar-refractivity contribution in [2.45, 2.75) is 71.6 Å². The second kappa shape index (κ2) is 8.27. The summed E-state index contributed by atoms with van der Waals surface area (Å²) in [5.41, 5.74) is 0.396. The third kappa shape index (κ3) is 4.17. The number of aliphatic hydroxyl groups excluding tert-OH is 1. The smallest absolute Gasteiger partial charge is 0.205 e. The maximum atomic E-state index is 14.4. The molecular formula is C24H33FO4. The Bertz CT molecular complexity index is 750. The summed E-state index contributed by atoms with van der Waals surface area (Å²) in [4.78, 5) is 0. The highest BCUT2D eigenvalue weighted by Gasteiger charge is 2.52. The molecule has 1 N–H and O–H groups in total. The van der Waals surface area contributed by atoms with Crippen molar-refractivity contribution in [3.63, 3.8) is 0 Å². The van der Waals surface area contributed by atoms with E-state index in [0.29, 0.717) is 35.0 Å². The normalized spacial score (nSPS) is 39.3. The molecule has 3 fully saturated rings. The summed E-state index contributed by atoms with van der Waals surface area (Å²) in [6.45, 7) is 10.1. The molecule has 1 aromatic rings. The Hall–Kier alpha value is -1.59. The van der Waals surface area contributed by atoms with Crippen molar-refractivity contribution in [3.8, 4) is 5.75 Å². The molecule has 0 radical (unpaired) electrons. The van der Waals surface area contributed by atoms with E-state index in [1.165, 1.54) is 18.9 Å². The van der Waals surface area contributed by atoms with Gasteiger partial charge in [0.2, 0.25) is 6.29 Å². The van der Waals surface area contributed by atoms with Gasteiger partial charge in [-0.15, -0.1) is 0 Å².